The van der Waals surface area contributed by atoms with Crippen LogP contribution in [0.5, 0.6) is 0 Å². The molecule has 3 heterocycles. The first-order chi connectivity index (χ1) is 15.6. The number of rotatable bonds is 3. The first kappa shape index (κ1) is 22.9. The van der Waals surface area contributed by atoms with E-state index in [4.69, 9.17) is 4.74 Å². The molecule has 0 radical (unpaired) electrons. The van der Waals surface area contributed by atoms with Gasteiger partial charge in [-0.05, 0) is 76.1 Å². The Labute approximate surface area is 198 Å². The lowest BCUT2D eigenvalue weighted by molar-refractivity contribution is 0.225. The molecule has 3 aliphatic rings. The Kier molecular flexibility index (Phi) is 5.75. The first-order valence-electron chi connectivity index (χ1n) is 11.8. The summed E-state index contributed by atoms with van der Waals surface area (Å²) in [5.41, 5.74) is 6.33. The Morgan fingerprint density at radius 3 is 2.48 bits per heavy atom. The summed E-state index contributed by atoms with van der Waals surface area (Å²) in [6.45, 7) is 16.4. The number of nitrogens with zero attached hydrogens (tertiary/aromatic N) is 3. The van der Waals surface area contributed by atoms with Gasteiger partial charge in [0, 0.05) is 24.4 Å². The largest absolute Gasteiger partial charge is 0.465 e. The Hall–Kier alpha value is -3.24. The van der Waals surface area contributed by atoms with Gasteiger partial charge in [-0.15, -0.1) is 0 Å². The Morgan fingerprint density at radius 2 is 1.82 bits per heavy atom. The quantitative estimate of drug-likeness (QED) is 0.503. The van der Waals surface area contributed by atoms with Gasteiger partial charge in [-0.3, -0.25) is 0 Å². The molecule has 170 valence electrons. The average Bonchev–Trinajstić information content (AvgIpc) is 2.77. The van der Waals surface area contributed by atoms with E-state index >= 15 is 0 Å². The maximum Gasteiger partial charge on any atom is 0.137 e. The van der Waals surface area contributed by atoms with E-state index in [1.165, 1.54) is 23.1 Å². The molecule has 1 aromatic rings. The van der Waals surface area contributed by atoms with Crippen molar-refractivity contribution in [2.24, 2.45) is 11.8 Å². The monoisotopic (exact) mass is 439 g/mol. The van der Waals surface area contributed by atoms with Crippen LogP contribution in [0.1, 0.15) is 64.7 Å². The van der Waals surface area contributed by atoms with Gasteiger partial charge in [0.05, 0.1) is 6.26 Å². The van der Waals surface area contributed by atoms with Gasteiger partial charge in [-0.1, -0.05) is 47.6 Å². The van der Waals surface area contributed by atoms with Gasteiger partial charge >= 0.3 is 0 Å². The van der Waals surface area contributed by atoms with Crippen LogP contribution in [0, 0.1) is 34.5 Å². The molecule has 0 N–H and O–H groups in total. The maximum atomic E-state index is 9.17. The second-order valence-electron chi connectivity index (χ2n) is 11.0. The molecule has 1 unspecified atom stereocenters. The van der Waals surface area contributed by atoms with E-state index in [-0.39, 0.29) is 16.4 Å². The lowest BCUT2D eigenvalue weighted by Crippen LogP contribution is -2.51. The summed E-state index contributed by atoms with van der Waals surface area (Å²) in [5, 5.41) is 18.3. The topological polar surface area (TPSA) is 60.0 Å². The minimum Gasteiger partial charge on any atom is -0.465 e. The molecule has 4 rings (SSSR count). The summed E-state index contributed by atoms with van der Waals surface area (Å²) < 4.78 is 5.63. The third-order valence-electron chi connectivity index (χ3n) is 7.73. The third-order valence-corrected chi connectivity index (χ3v) is 7.73. The molecule has 0 spiro atoms. The molecular weight excluding hydrogens is 406 g/mol. The van der Waals surface area contributed by atoms with Crippen LogP contribution in [0.4, 0.5) is 5.69 Å². The van der Waals surface area contributed by atoms with Crippen LogP contribution < -0.4 is 4.90 Å². The highest BCUT2D eigenvalue weighted by molar-refractivity contribution is 5.72. The minimum absolute atomic E-state index is 0.0831. The Morgan fingerprint density at radius 1 is 1.12 bits per heavy atom. The fourth-order valence-electron chi connectivity index (χ4n) is 5.65. The summed E-state index contributed by atoms with van der Waals surface area (Å²) in [7, 11) is 0. The van der Waals surface area contributed by atoms with Crippen LogP contribution in [0.2, 0.25) is 0 Å². The summed E-state index contributed by atoms with van der Waals surface area (Å²) in [6.07, 6.45) is 10.1. The normalized spacial score (nSPS) is 22.3. The molecule has 0 aliphatic carbocycles. The summed E-state index contributed by atoms with van der Waals surface area (Å²) in [4.78, 5) is 2.62. The lowest BCUT2D eigenvalue weighted by Gasteiger charge is -2.53. The maximum absolute atomic E-state index is 9.17. The van der Waals surface area contributed by atoms with Gasteiger partial charge in [-0.25, -0.2) is 0 Å². The molecule has 1 aromatic carbocycles. The average molecular weight is 440 g/mol. The zero-order chi connectivity index (χ0) is 24.0. The van der Waals surface area contributed by atoms with Gasteiger partial charge < -0.3 is 9.64 Å². The predicted octanol–water partition coefficient (Wildman–Crippen LogP) is 6.52. The third kappa shape index (κ3) is 4.00. The van der Waals surface area contributed by atoms with Crippen LogP contribution in [0.15, 0.2) is 53.5 Å². The van der Waals surface area contributed by atoms with Crippen LogP contribution in [-0.2, 0) is 15.6 Å². The second-order valence-corrected chi connectivity index (χ2v) is 11.0. The van der Waals surface area contributed by atoms with Crippen LogP contribution >= 0.6 is 0 Å². The number of hydrogen-bond acceptors (Lipinski definition) is 4. The fourth-order valence-corrected chi connectivity index (χ4v) is 5.65. The van der Waals surface area contributed by atoms with Crippen LogP contribution in [-0.4, -0.2) is 13.1 Å². The number of ether oxygens (including phenoxy) is 1. The van der Waals surface area contributed by atoms with Crippen LogP contribution in [0.3, 0.4) is 0 Å². The fraction of sp³-hybridized carbons (Fsp3) is 0.448. The Balaban J connectivity index is 1.80. The molecule has 33 heavy (non-hydrogen) atoms. The van der Waals surface area contributed by atoms with E-state index < -0.39 is 0 Å². The highest BCUT2D eigenvalue weighted by atomic mass is 16.5. The van der Waals surface area contributed by atoms with E-state index in [2.05, 4.69) is 64.7 Å². The standard InChI is InChI=1S/C29H33N3O/c1-19(2)26-18-32-11-10-28(3,4)24-13-20(14-25(27(24)32)29(26,5)6)7-8-23-15-21(9-12-33-23)22(16-30)17-31/h7-9,12-15,19,26H,10-11,18H2,1-6H3. The molecule has 1 atom stereocenters. The summed E-state index contributed by atoms with van der Waals surface area (Å²) >= 11 is 0. The molecule has 0 amide bonds. The molecule has 0 saturated carbocycles. The van der Waals surface area contributed by atoms with Gasteiger partial charge in [-0.2, -0.15) is 10.5 Å². The second kappa shape index (κ2) is 8.27. The van der Waals surface area contributed by atoms with Crippen molar-refractivity contribution in [1.29, 1.82) is 10.5 Å². The van der Waals surface area contributed by atoms with Crippen molar-refractivity contribution < 1.29 is 4.74 Å². The van der Waals surface area contributed by atoms with Crippen molar-refractivity contribution in [3.8, 4) is 12.1 Å². The van der Waals surface area contributed by atoms with Gasteiger partial charge in [0.15, 0.2) is 0 Å². The van der Waals surface area contributed by atoms with E-state index in [0.29, 0.717) is 23.2 Å². The number of nitriles is 2. The smallest absolute Gasteiger partial charge is 0.137 e. The van der Waals surface area contributed by atoms with Crippen molar-refractivity contribution in [3.05, 3.63) is 70.2 Å². The van der Waals surface area contributed by atoms with Gasteiger partial charge in [0.2, 0.25) is 0 Å². The predicted molar refractivity (Wildman–Crippen MR) is 133 cm³/mol. The molecular formula is C29H33N3O. The molecule has 4 nitrogen and oxygen atoms in total. The molecule has 0 saturated heterocycles. The molecule has 3 aliphatic heterocycles. The molecule has 0 aromatic heterocycles. The Bertz CT molecular complexity index is 1160. The van der Waals surface area contributed by atoms with Crippen molar-refractivity contribution in [1.82, 2.24) is 0 Å². The van der Waals surface area contributed by atoms with Crippen LogP contribution in [0.25, 0.3) is 6.08 Å². The van der Waals surface area contributed by atoms with Gasteiger partial charge in [0.25, 0.3) is 0 Å². The minimum atomic E-state index is 0.0831. The van der Waals surface area contributed by atoms with E-state index in [9.17, 15) is 10.5 Å². The lowest BCUT2D eigenvalue weighted by atomic mass is 9.62. The number of anilines is 1. The van der Waals surface area contributed by atoms with E-state index in [1.807, 2.05) is 18.2 Å². The summed E-state index contributed by atoms with van der Waals surface area (Å²) in [5.74, 6) is 1.82. The number of benzene rings is 1. The van der Waals surface area contributed by atoms with Crippen molar-refractivity contribution in [2.75, 3.05) is 18.0 Å². The number of allylic oxidation sites excluding steroid dienone is 5. The van der Waals surface area contributed by atoms with E-state index in [0.717, 1.165) is 25.1 Å². The highest BCUT2D eigenvalue weighted by Crippen LogP contribution is 2.52. The van der Waals surface area contributed by atoms with Crippen molar-refractivity contribution in [2.45, 2.75) is 58.8 Å². The zero-order valence-electron chi connectivity index (χ0n) is 20.6. The molecule has 0 bridgehead atoms. The number of hydrogen-bond donors (Lipinski definition) is 0. The van der Waals surface area contributed by atoms with Crippen molar-refractivity contribution in [3.63, 3.8) is 0 Å². The zero-order valence-corrected chi connectivity index (χ0v) is 20.6. The first-order valence-corrected chi connectivity index (χ1v) is 11.8. The highest BCUT2D eigenvalue weighted by Gasteiger charge is 2.45. The molecule has 4 heteroatoms. The van der Waals surface area contributed by atoms with Gasteiger partial charge in [0.1, 0.15) is 23.5 Å². The van der Waals surface area contributed by atoms with Crippen molar-refractivity contribution >= 4 is 11.8 Å². The summed E-state index contributed by atoms with van der Waals surface area (Å²) in [6, 6.07) is 8.57. The molecule has 0 fully saturated rings. The SMILES string of the molecule is CC(C)C1CN2CCC(C)(C)c3cc(C=CC4=CC(=C(C#N)C#N)C=CO4)cc(c32)C1(C)C. The van der Waals surface area contributed by atoms with E-state index in [1.54, 1.807) is 12.2 Å².